The summed E-state index contributed by atoms with van der Waals surface area (Å²) in [6.07, 6.45) is 0.868. The van der Waals surface area contributed by atoms with Gasteiger partial charge in [0.05, 0.1) is 14.2 Å². The number of anilines is 1. The van der Waals surface area contributed by atoms with E-state index in [1.54, 1.807) is 6.07 Å². The number of halogens is 1. The van der Waals surface area contributed by atoms with Crippen LogP contribution in [0.3, 0.4) is 0 Å². The molecule has 120 valence electrons. The largest absolute Gasteiger partial charge is 0.312 e. The molecule has 0 saturated heterocycles. The van der Waals surface area contributed by atoms with Crippen LogP contribution in [0.25, 0.3) is 0 Å². The summed E-state index contributed by atoms with van der Waals surface area (Å²) in [6, 6.07) is 6.40. The second-order valence-corrected chi connectivity index (χ2v) is 9.26. The van der Waals surface area contributed by atoms with Crippen LogP contribution < -0.4 is 5.32 Å². The van der Waals surface area contributed by atoms with Crippen molar-refractivity contribution >= 4 is 49.5 Å². The van der Waals surface area contributed by atoms with E-state index in [1.165, 1.54) is 27.6 Å². The van der Waals surface area contributed by atoms with Crippen LogP contribution in [-0.2, 0) is 13.0 Å². The summed E-state index contributed by atoms with van der Waals surface area (Å²) in [4.78, 5) is 16.6. The highest BCUT2D eigenvalue weighted by molar-refractivity contribution is 9.11. The lowest BCUT2D eigenvalue weighted by Crippen LogP contribution is -2.35. The van der Waals surface area contributed by atoms with Crippen LogP contribution in [0.4, 0.5) is 5.00 Å². The Morgan fingerprint density at radius 2 is 2.22 bits per heavy atom. The van der Waals surface area contributed by atoms with E-state index in [0.29, 0.717) is 21.5 Å². The molecule has 0 bridgehead atoms. The number of carbonyl (C=O) groups is 1. The molecular formula is C16H16BrN3OS2. The molecule has 1 aliphatic heterocycles. The number of fused-ring (bicyclic) bond motifs is 1. The van der Waals surface area contributed by atoms with Crippen LogP contribution >= 0.6 is 38.6 Å². The minimum Gasteiger partial charge on any atom is -0.312 e. The fraction of sp³-hybridized carbons (Fsp3) is 0.375. The fourth-order valence-electron chi connectivity index (χ4n) is 2.67. The second kappa shape index (κ2) is 6.73. The Kier molecular flexibility index (Phi) is 4.87. The highest BCUT2D eigenvalue weighted by Crippen LogP contribution is 2.37. The van der Waals surface area contributed by atoms with E-state index < -0.39 is 0 Å². The highest BCUT2D eigenvalue weighted by atomic mass is 79.9. The number of hydrogen-bond donors (Lipinski definition) is 1. The first kappa shape index (κ1) is 16.7. The van der Waals surface area contributed by atoms with Crippen molar-refractivity contribution in [2.75, 3.05) is 11.9 Å². The third kappa shape index (κ3) is 3.36. The predicted octanol–water partition coefficient (Wildman–Crippen LogP) is 4.46. The molecule has 0 radical (unpaired) electrons. The van der Waals surface area contributed by atoms with Crippen LogP contribution in [-0.4, -0.2) is 23.4 Å². The molecule has 23 heavy (non-hydrogen) atoms. The summed E-state index contributed by atoms with van der Waals surface area (Å²) >= 11 is 6.28. The Hall–Kier alpha value is -1.20. The van der Waals surface area contributed by atoms with E-state index in [9.17, 15) is 10.1 Å². The summed E-state index contributed by atoms with van der Waals surface area (Å²) in [7, 11) is 0. The normalized spacial score (nSPS) is 14.6. The van der Waals surface area contributed by atoms with E-state index in [4.69, 9.17) is 0 Å². The topological polar surface area (TPSA) is 56.1 Å². The molecule has 1 N–H and O–H groups in total. The summed E-state index contributed by atoms with van der Waals surface area (Å²) in [5.74, 6) is -0.156. The van der Waals surface area contributed by atoms with Crippen LogP contribution in [0, 0.1) is 11.3 Å². The van der Waals surface area contributed by atoms with E-state index in [2.05, 4.69) is 46.1 Å². The molecule has 0 spiro atoms. The van der Waals surface area contributed by atoms with E-state index in [0.717, 1.165) is 28.9 Å². The molecule has 0 fully saturated rings. The molecule has 4 nitrogen and oxygen atoms in total. The van der Waals surface area contributed by atoms with Crippen LogP contribution in [0.15, 0.2) is 15.9 Å². The lowest BCUT2D eigenvalue weighted by molar-refractivity contribution is 0.103. The lowest BCUT2D eigenvalue weighted by Gasteiger charge is -2.30. The van der Waals surface area contributed by atoms with Gasteiger partial charge in [0, 0.05) is 24.0 Å². The molecule has 3 rings (SSSR count). The average Bonchev–Trinajstić information content (AvgIpc) is 3.09. The maximum absolute atomic E-state index is 12.3. The summed E-state index contributed by atoms with van der Waals surface area (Å²) in [6.45, 7) is 6.18. The Labute approximate surface area is 151 Å². The maximum Gasteiger partial charge on any atom is 0.266 e. The van der Waals surface area contributed by atoms with Gasteiger partial charge in [0.25, 0.3) is 5.91 Å². The third-order valence-electron chi connectivity index (χ3n) is 3.95. The van der Waals surface area contributed by atoms with E-state index in [-0.39, 0.29) is 5.91 Å². The van der Waals surface area contributed by atoms with Crippen LogP contribution in [0.5, 0.6) is 0 Å². The van der Waals surface area contributed by atoms with Gasteiger partial charge in [0.2, 0.25) is 0 Å². The Morgan fingerprint density at radius 3 is 2.83 bits per heavy atom. The Balaban J connectivity index is 1.86. The van der Waals surface area contributed by atoms with Gasteiger partial charge in [-0.2, -0.15) is 5.26 Å². The lowest BCUT2D eigenvalue weighted by atomic mass is 10.0. The number of nitrogens with one attached hydrogen (secondary N) is 1. The molecule has 0 aliphatic carbocycles. The first-order chi connectivity index (χ1) is 11.0. The van der Waals surface area contributed by atoms with Crippen molar-refractivity contribution < 1.29 is 4.79 Å². The van der Waals surface area contributed by atoms with Crippen molar-refractivity contribution in [3.8, 4) is 6.07 Å². The maximum atomic E-state index is 12.3. The van der Waals surface area contributed by atoms with Crippen molar-refractivity contribution in [2.45, 2.75) is 32.9 Å². The number of thiophene rings is 2. The standard InChI is InChI=1S/C16H16BrN3OS2/c1-9(2)20-6-5-10-11(7-18)16(23-13(10)8-20)19-15(21)12-3-4-14(17)22-12/h3-4,9H,5-6,8H2,1-2H3,(H,19,21). The average molecular weight is 410 g/mol. The Morgan fingerprint density at radius 1 is 1.43 bits per heavy atom. The molecule has 3 heterocycles. The summed E-state index contributed by atoms with van der Waals surface area (Å²) < 4.78 is 0.918. The number of amides is 1. The SMILES string of the molecule is CC(C)N1CCc2c(sc(NC(=O)c3ccc(Br)s3)c2C#N)C1. The van der Waals surface area contributed by atoms with Gasteiger partial charge in [-0.05, 0) is 53.9 Å². The molecule has 0 aromatic carbocycles. The van der Waals surface area contributed by atoms with Crippen molar-refractivity contribution in [3.05, 3.63) is 36.8 Å². The van der Waals surface area contributed by atoms with Crippen LogP contribution in [0.2, 0.25) is 0 Å². The molecule has 1 amide bonds. The van der Waals surface area contributed by atoms with E-state index in [1.807, 2.05) is 6.07 Å². The van der Waals surface area contributed by atoms with Gasteiger partial charge >= 0.3 is 0 Å². The second-order valence-electron chi connectivity index (χ2n) is 5.69. The zero-order valence-electron chi connectivity index (χ0n) is 12.9. The molecule has 1 aliphatic rings. The van der Waals surface area contributed by atoms with Gasteiger partial charge in [-0.3, -0.25) is 9.69 Å². The molecule has 0 saturated carbocycles. The van der Waals surface area contributed by atoms with Crippen molar-refractivity contribution in [1.29, 1.82) is 5.26 Å². The highest BCUT2D eigenvalue weighted by Gasteiger charge is 2.26. The molecule has 0 unspecified atom stereocenters. The molecule has 2 aromatic heterocycles. The number of nitriles is 1. The van der Waals surface area contributed by atoms with Gasteiger partial charge in [-0.1, -0.05) is 0 Å². The monoisotopic (exact) mass is 409 g/mol. The number of carbonyl (C=O) groups excluding carboxylic acids is 1. The van der Waals surface area contributed by atoms with Crippen molar-refractivity contribution in [3.63, 3.8) is 0 Å². The number of rotatable bonds is 3. The molecule has 2 aromatic rings. The smallest absolute Gasteiger partial charge is 0.266 e. The van der Waals surface area contributed by atoms with Gasteiger partial charge in [-0.15, -0.1) is 22.7 Å². The fourth-order valence-corrected chi connectivity index (χ4v) is 5.17. The van der Waals surface area contributed by atoms with Gasteiger partial charge in [-0.25, -0.2) is 0 Å². The van der Waals surface area contributed by atoms with Gasteiger partial charge in [0.1, 0.15) is 11.1 Å². The first-order valence-electron chi connectivity index (χ1n) is 7.35. The first-order valence-corrected chi connectivity index (χ1v) is 9.77. The van der Waals surface area contributed by atoms with Gasteiger partial charge in [0.15, 0.2) is 0 Å². The minimum absolute atomic E-state index is 0.156. The predicted molar refractivity (Wildman–Crippen MR) is 98.3 cm³/mol. The molecule has 0 atom stereocenters. The quantitative estimate of drug-likeness (QED) is 0.813. The van der Waals surface area contributed by atoms with Crippen LogP contribution in [0.1, 0.15) is 39.5 Å². The number of hydrogen-bond acceptors (Lipinski definition) is 5. The number of nitrogens with zero attached hydrogens (tertiary/aromatic N) is 2. The van der Waals surface area contributed by atoms with Crippen molar-refractivity contribution in [2.24, 2.45) is 0 Å². The molecule has 7 heteroatoms. The molecular weight excluding hydrogens is 394 g/mol. The third-order valence-corrected chi connectivity index (χ3v) is 6.71. The Bertz CT molecular complexity index is 788. The minimum atomic E-state index is -0.156. The zero-order chi connectivity index (χ0) is 16.6. The van der Waals surface area contributed by atoms with Crippen molar-refractivity contribution in [1.82, 2.24) is 4.90 Å². The summed E-state index contributed by atoms with van der Waals surface area (Å²) in [5.41, 5.74) is 1.74. The van der Waals surface area contributed by atoms with E-state index >= 15 is 0 Å². The zero-order valence-corrected chi connectivity index (χ0v) is 16.1. The van der Waals surface area contributed by atoms with Gasteiger partial charge < -0.3 is 5.32 Å². The summed E-state index contributed by atoms with van der Waals surface area (Å²) in [5, 5.41) is 13.1.